The molecule has 0 amide bonds. The van der Waals surface area contributed by atoms with Gasteiger partial charge in [-0.15, -0.1) is 11.3 Å². The maximum absolute atomic E-state index is 12.3. The van der Waals surface area contributed by atoms with Gasteiger partial charge in [0, 0.05) is 29.9 Å². The van der Waals surface area contributed by atoms with E-state index in [2.05, 4.69) is 4.72 Å². The molecule has 7 heteroatoms. The van der Waals surface area contributed by atoms with Crippen LogP contribution < -0.4 is 4.72 Å². The number of rotatable bonds is 7. The van der Waals surface area contributed by atoms with Crippen molar-refractivity contribution in [2.45, 2.75) is 44.9 Å². The van der Waals surface area contributed by atoms with Gasteiger partial charge in [0.05, 0.1) is 11.5 Å². The Morgan fingerprint density at radius 3 is 2.76 bits per heavy atom. The summed E-state index contributed by atoms with van der Waals surface area (Å²) in [6.07, 6.45) is 2.46. The van der Waals surface area contributed by atoms with E-state index in [-0.39, 0.29) is 11.5 Å². The zero-order valence-corrected chi connectivity index (χ0v) is 13.8. The first-order valence-corrected chi connectivity index (χ1v) is 9.16. The van der Waals surface area contributed by atoms with Gasteiger partial charge in [-0.2, -0.15) is 0 Å². The normalized spacial score (nSPS) is 12.0. The van der Waals surface area contributed by atoms with Gasteiger partial charge >= 0.3 is 0 Å². The van der Waals surface area contributed by atoms with Gasteiger partial charge < -0.3 is 9.67 Å². The van der Waals surface area contributed by atoms with Gasteiger partial charge in [-0.05, 0) is 36.4 Å². The van der Waals surface area contributed by atoms with Crippen molar-refractivity contribution in [3.8, 4) is 0 Å². The predicted octanol–water partition coefficient (Wildman–Crippen LogP) is 2.24. The fourth-order valence-electron chi connectivity index (χ4n) is 2.08. The van der Waals surface area contributed by atoms with Crippen LogP contribution in [-0.4, -0.2) is 18.1 Å². The number of hydrogen-bond acceptors (Lipinski definition) is 4. The average Bonchev–Trinajstić information content (AvgIpc) is 3.04. The van der Waals surface area contributed by atoms with E-state index < -0.39 is 10.0 Å². The number of aromatic nitrogens is 1. The van der Waals surface area contributed by atoms with Gasteiger partial charge in [0.25, 0.3) is 0 Å². The van der Waals surface area contributed by atoms with Crippen LogP contribution in [0, 0.1) is 6.92 Å². The van der Waals surface area contributed by atoms with E-state index in [1.807, 2.05) is 25.3 Å². The number of aliphatic hydroxyl groups is 1. The van der Waals surface area contributed by atoms with E-state index in [0.29, 0.717) is 18.8 Å². The predicted molar refractivity (Wildman–Crippen MR) is 83.7 cm³/mol. The molecule has 0 bridgehead atoms. The topological polar surface area (TPSA) is 71.3 Å². The van der Waals surface area contributed by atoms with Crippen molar-refractivity contribution in [1.29, 1.82) is 0 Å². The van der Waals surface area contributed by atoms with Crippen molar-refractivity contribution in [2.75, 3.05) is 0 Å². The van der Waals surface area contributed by atoms with Crippen molar-refractivity contribution in [3.63, 3.8) is 0 Å². The summed E-state index contributed by atoms with van der Waals surface area (Å²) in [7, 11) is -3.56. The van der Waals surface area contributed by atoms with Gasteiger partial charge in [0.2, 0.25) is 10.0 Å². The lowest BCUT2D eigenvalue weighted by Crippen LogP contribution is -2.22. The summed E-state index contributed by atoms with van der Waals surface area (Å²) >= 11 is 1.53. The van der Waals surface area contributed by atoms with Gasteiger partial charge in [-0.25, -0.2) is 13.1 Å². The molecule has 0 aliphatic carbocycles. The number of aliphatic hydroxyl groups excluding tert-OH is 1. The second kappa shape index (κ2) is 6.74. The lowest BCUT2D eigenvalue weighted by molar-refractivity contribution is 0.270. The Morgan fingerprint density at radius 2 is 2.19 bits per heavy atom. The average molecular weight is 328 g/mol. The molecule has 0 saturated heterocycles. The van der Waals surface area contributed by atoms with Crippen molar-refractivity contribution in [1.82, 2.24) is 9.29 Å². The molecule has 0 unspecified atom stereocenters. The van der Waals surface area contributed by atoms with E-state index >= 15 is 0 Å². The summed E-state index contributed by atoms with van der Waals surface area (Å²) in [4.78, 5) is 1.21. The first kappa shape index (κ1) is 16.2. The van der Waals surface area contributed by atoms with Crippen LogP contribution >= 0.6 is 11.3 Å². The molecular weight excluding hydrogens is 308 g/mol. The highest BCUT2D eigenvalue weighted by molar-refractivity contribution is 7.89. The van der Waals surface area contributed by atoms with E-state index in [4.69, 9.17) is 0 Å². The standard InChI is InChI=1S/C14H20N2O3S2/c1-3-5-16-9-13(7-12(16)10-17)21(18,19)15-8-14-11(2)4-6-20-14/h4,6-7,9,15,17H,3,5,8,10H2,1-2H3. The molecule has 2 aromatic rings. The summed E-state index contributed by atoms with van der Waals surface area (Å²) in [5.74, 6) is 0. The number of nitrogens with one attached hydrogen (secondary N) is 1. The van der Waals surface area contributed by atoms with E-state index in [1.54, 1.807) is 10.8 Å². The molecule has 2 heterocycles. The van der Waals surface area contributed by atoms with Crippen LogP contribution in [0.2, 0.25) is 0 Å². The second-order valence-electron chi connectivity index (χ2n) is 4.87. The molecule has 0 spiro atoms. The van der Waals surface area contributed by atoms with Gasteiger partial charge in [-0.1, -0.05) is 6.92 Å². The fourth-order valence-corrected chi connectivity index (χ4v) is 4.08. The van der Waals surface area contributed by atoms with Crippen LogP contribution in [0.4, 0.5) is 0 Å². The maximum Gasteiger partial charge on any atom is 0.242 e. The molecule has 0 atom stereocenters. The smallest absolute Gasteiger partial charge is 0.242 e. The third-order valence-electron chi connectivity index (χ3n) is 3.29. The van der Waals surface area contributed by atoms with Gasteiger partial charge in [0.1, 0.15) is 0 Å². The van der Waals surface area contributed by atoms with Crippen LogP contribution in [0.5, 0.6) is 0 Å². The minimum absolute atomic E-state index is 0.167. The molecule has 116 valence electrons. The van der Waals surface area contributed by atoms with Gasteiger partial charge in [-0.3, -0.25) is 0 Å². The monoisotopic (exact) mass is 328 g/mol. The zero-order valence-electron chi connectivity index (χ0n) is 12.2. The van der Waals surface area contributed by atoms with E-state index in [9.17, 15) is 13.5 Å². The SMILES string of the molecule is CCCn1cc(S(=O)(=O)NCc2sccc2C)cc1CO. The molecule has 2 aromatic heterocycles. The Labute approximate surface area is 129 Å². The fraction of sp³-hybridized carbons (Fsp3) is 0.429. The van der Waals surface area contributed by atoms with Crippen LogP contribution in [0.1, 0.15) is 29.5 Å². The molecule has 0 fully saturated rings. The van der Waals surface area contributed by atoms with E-state index in [1.165, 1.54) is 17.4 Å². The minimum Gasteiger partial charge on any atom is -0.390 e. The van der Waals surface area contributed by atoms with Crippen LogP contribution in [0.15, 0.2) is 28.6 Å². The van der Waals surface area contributed by atoms with Crippen LogP contribution in [0.3, 0.4) is 0 Å². The van der Waals surface area contributed by atoms with Crippen molar-refractivity contribution >= 4 is 21.4 Å². The molecule has 0 aromatic carbocycles. The van der Waals surface area contributed by atoms with Crippen LogP contribution in [-0.2, 0) is 29.7 Å². The quantitative estimate of drug-likeness (QED) is 0.819. The largest absolute Gasteiger partial charge is 0.390 e. The third kappa shape index (κ3) is 3.74. The highest BCUT2D eigenvalue weighted by atomic mass is 32.2. The third-order valence-corrected chi connectivity index (χ3v) is 5.68. The zero-order chi connectivity index (χ0) is 15.5. The lowest BCUT2D eigenvalue weighted by Gasteiger charge is -2.05. The number of sulfonamides is 1. The van der Waals surface area contributed by atoms with Crippen molar-refractivity contribution in [2.24, 2.45) is 0 Å². The number of hydrogen-bond donors (Lipinski definition) is 2. The summed E-state index contributed by atoms with van der Waals surface area (Å²) in [5, 5.41) is 11.3. The molecule has 21 heavy (non-hydrogen) atoms. The highest BCUT2D eigenvalue weighted by Gasteiger charge is 2.18. The minimum atomic E-state index is -3.56. The molecule has 5 nitrogen and oxygen atoms in total. The first-order chi connectivity index (χ1) is 9.97. The number of thiophene rings is 1. The first-order valence-electron chi connectivity index (χ1n) is 6.80. The summed E-state index contributed by atoms with van der Waals surface area (Å²) in [6, 6.07) is 3.50. The summed E-state index contributed by atoms with van der Waals surface area (Å²) in [5.41, 5.74) is 1.70. The molecule has 0 aliphatic rings. The Kier molecular flexibility index (Phi) is 5.21. The lowest BCUT2D eigenvalue weighted by atomic mass is 10.3. The summed E-state index contributed by atoms with van der Waals surface area (Å²) in [6.45, 7) is 4.78. The van der Waals surface area contributed by atoms with Crippen molar-refractivity contribution < 1.29 is 13.5 Å². The molecule has 2 rings (SSSR count). The highest BCUT2D eigenvalue weighted by Crippen LogP contribution is 2.18. The molecule has 0 radical (unpaired) electrons. The van der Waals surface area contributed by atoms with E-state index in [0.717, 1.165) is 16.9 Å². The molecule has 2 N–H and O–H groups in total. The van der Waals surface area contributed by atoms with Gasteiger partial charge in [0.15, 0.2) is 0 Å². The molecule has 0 aliphatic heterocycles. The Hall–Kier alpha value is -1.15. The number of aryl methyl sites for hydroxylation is 2. The molecule has 0 saturated carbocycles. The summed E-state index contributed by atoms with van der Waals surface area (Å²) < 4.78 is 29.0. The maximum atomic E-state index is 12.3. The Bertz CT molecular complexity index is 702. The Balaban J connectivity index is 2.17. The van der Waals surface area contributed by atoms with Crippen LogP contribution in [0.25, 0.3) is 0 Å². The number of nitrogens with zero attached hydrogens (tertiary/aromatic N) is 1. The van der Waals surface area contributed by atoms with Crippen molar-refractivity contribution in [3.05, 3.63) is 39.8 Å². The second-order valence-corrected chi connectivity index (χ2v) is 7.64. The molecular formula is C14H20N2O3S2. The Morgan fingerprint density at radius 1 is 1.43 bits per heavy atom.